The maximum atomic E-state index is 14.3. The first kappa shape index (κ1) is 21.5. The molecule has 3 aromatic heterocycles. The summed E-state index contributed by atoms with van der Waals surface area (Å²) >= 11 is 0. The Balaban J connectivity index is 1.49. The normalized spacial score (nSPS) is 19.6. The maximum absolute atomic E-state index is 14.3. The zero-order valence-electron chi connectivity index (χ0n) is 18.7. The molecule has 174 valence electrons. The second-order valence-electron chi connectivity index (χ2n) is 9.61. The number of hydrogen-bond donors (Lipinski definition) is 2. The Hall–Kier alpha value is -3.34. The monoisotopic (exact) mass is 456 g/mol. The molecular weight excluding hydrogens is 430 g/mol. The number of aromatic nitrogens is 6. The van der Waals surface area contributed by atoms with Crippen LogP contribution in [0.1, 0.15) is 38.9 Å². The number of benzene rings is 1. The minimum Gasteiger partial charge on any atom is -0.389 e. The fourth-order valence-electron chi connectivity index (χ4n) is 4.60. The van der Waals surface area contributed by atoms with E-state index in [0.29, 0.717) is 24.8 Å². The molecule has 0 amide bonds. The Kier molecular flexibility index (Phi) is 4.96. The Morgan fingerprint density at radius 1 is 1.21 bits per heavy atom. The number of piperidine rings is 1. The van der Waals surface area contributed by atoms with Gasteiger partial charge in [-0.05, 0) is 32.3 Å². The number of aliphatic hydroxyl groups is 1. The summed E-state index contributed by atoms with van der Waals surface area (Å²) in [4.78, 5) is 10.9. The molecule has 0 saturated carbocycles. The summed E-state index contributed by atoms with van der Waals surface area (Å²) < 4.78 is 31.2. The molecule has 1 aliphatic rings. The molecule has 0 bridgehead atoms. The number of fused-ring (bicyclic) bond motifs is 3. The Labute approximate surface area is 188 Å². The second-order valence-corrected chi connectivity index (χ2v) is 9.61. The molecule has 2 atom stereocenters. The van der Waals surface area contributed by atoms with Gasteiger partial charge in [0.05, 0.1) is 29.4 Å². The molecule has 1 aliphatic heterocycles. The van der Waals surface area contributed by atoms with Gasteiger partial charge in [0.25, 0.3) is 0 Å². The van der Waals surface area contributed by atoms with E-state index in [1.807, 2.05) is 6.20 Å². The van der Waals surface area contributed by atoms with Gasteiger partial charge in [-0.15, -0.1) is 5.10 Å². The molecule has 3 N–H and O–H groups in total. The van der Waals surface area contributed by atoms with Crippen LogP contribution >= 0.6 is 0 Å². The van der Waals surface area contributed by atoms with Crippen molar-refractivity contribution in [3.05, 3.63) is 42.0 Å². The van der Waals surface area contributed by atoms with Gasteiger partial charge in [-0.3, -0.25) is 4.68 Å². The van der Waals surface area contributed by atoms with Gasteiger partial charge < -0.3 is 15.7 Å². The second kappa shape index (κ2) is 7.62. The molecule has 1 saturated heterocycles. The van der Waals surface area contributed by atoms with Crippen molar-refractivity contribution < 1.29 is 13.9 Å². The van der Waals surface area contributed by atoms with Crippen LogP contribution in [0.5, 0.6) is 0 Å². The number of nitrogens with two attached hydrogens (primary N) is 1. The number of rotatable bonds is 4. The average Bonchev–Trinajstić information content (AvgIpc) is 3.35. The summed E-state index contributed by atoms with van der Waals surface area (Å²) in [6, 6.07) is 1.98. The highest BCUT2D eigenvalue weighted by molar-refractivity contribution is 5.92. The molecule has 33 heavy (non-hydrogen) atoms. The number of nitrogen functional groups attached to an aromatic ring is 1. The van der Waals surface area contributed by atoms with Crippen molar-refractivity contribution in [2.45, 2.75) is 45.3 Å². The van der Waals surface area contributed by atoms with Crippen LogP contribution in [0.15, 0.2) is 24.5 Å². The van der Waals surface area contributed by atoms with Crippen molar-refractivity contribution in [1.29, 1.82) is 0 Å². The van der Waals surface area contributed by atoms with Crippen LogP contribution in [0.3, 0.4) is 0 Å². The molecule has 0 spiro atoms. The van der Waals surface area contributed by atoms with E-state index in [2.05, 4.69) is 32.0 Å². The van der Waals surface area contributed by atoms with Gasteiger partial charge in [-0.1, -0.05) is 6.92 Å². The standard InChI is InChI=1S/C22H26F2N8O/c1-12-4-13(9-30(8-12)15-7-26-31(10-15)11-22(2,3)33)19-28-20-16-5-14(23)6-17(24)18(16)27-21(25)32(20)29-19/h5-7,10,12-13,33H,4,8-9,11H2,1-3H3,(H2,25,27)/t12-,13+/m1/s1. The zero-order valence-corrected chi connectivity index (χ0v) is 18.7. The van der Waals surface area contributed by atoms with Crippen LogP contribution in [-0.2, 0) is 6.54 Å². The Morgan fingerprint density at radius 2 is 2.00 bits per heavy atom. The van der Waals surface area contributed by atoms with Gasteiger partial charge >= 0.3 is 0 Å². The smallest absolute Gasteiger partial charge is 0.223 e. The van der Waals surface area contributed by atoms with E-state index < -0.39 is 17.2 Å². The molecule has 4 heterocycles. The molecule has 5 rings (SSSR count). The molecule has 0 radical (unpaired) electrons. The first-order chi connectivity index (χ1) is 15.6. The number of halogens is 2. The summed E-state index contributed by atoms with van der Waals surface area (Å²) in [5, 5.41) is 19.2. The summed E-state index contributed by atoms with van der Waals surface area (Å²) in [5.41, 5.74) is 6.36. The average molecular weight is 457 g/mol. The van der Waals surface area contributed by atoms with Crippen LogP contribution in [-0.4, -0.2) is 53.2 Å². The number of anilines is 2. The van der Waals surface area contributed by atoms with Crippen LogP contribution in [0.25, 0.3) is 16.6 Å². The highest BCUT2D eigenvalue weighted by atomic mass is 19.1. The number of hydrogen-bond acceptors (Lipinski definition) is 7. The Morgan fingerprint density at radius 3 is 2.76 bits per heavy atom. The summed E-state index contributed by atoms with van der Waals surface area (Å²) in [7, 11) is 0. The lowest BCUT2D eigenvalue weighted by atomic mass is 9.90. The lowest BCUT2D eigenvalue weighted by molar-refractivity contribution is 0.0577. The fraction of sp³-hybridized carbons (Fsp3) is 0.455. The van der Waals surface area contributed by atoms with Gasteiger partial charge in [0.15, 0.2) is 17.3 Å². The van der Waals surface area contributed by atoms with Crippen molar-refractivity contribution in [3.8, 4) is 0 Å². The molecule has 1 fully saturated rings. The van der Waals surface area contributed by atoms with Gasteiger partial charge in [-0.25, -0.2) is 18.7 Å². The summed E-state index contributed by atoms with van der Waals surface area (Å²) in [5.74, 6) is -0.603. The van der Waals surface area contributed by atoms with Crippen LogP contribution in [0.2, 0.25) is 0 Å². The molecular formula is C22H26F2N8O. The maximum Gasteiger partial charge on any atom is 0.223 e. The SMILES string of the molecule is C[C@@H]1C[C@H](c2nc3c4cc(F)cc(F)c4nc(N)n3n2)CN(c2cnn(CC(C)(C)O)c2)C1. The summed E-state index contributed by atoms with van der Waals surface area (Å²) in [6.45, 7) is 7.53. The quantitative estimate of drug-likeness (QED) is 0.486. The predicted octanol–water partition coefficient (Wildman–Crippen LogP) is 2.74. The van der Waals surface area contributed by atoms with Crippen molar-refractivity contribution in [2.24, 2.45) is 5.92 Å². The van der Waals surface area contributed by atoms with Gasteiger partial charge in [-0.2, -0.15) is 9.61 Å². The first-order valence-electron chi connectivity index (χ1n) is 10.9. The topological polar surface area (TPSA) is 110 Å². The zero-order chi connectivity index (χ0) is 23.5. The molecule has 1 aromatic carbocycles. The number of nitrogens with zero attached hydrogens (tertiary/aromatic N) is 7. The van der Waals surface area contributed by atoms with Crippen molar-refractivity contribution >= 4 is 28.2 Å². The molecule has 0 aliphatic carbocycles. The first-order valence-corrected chi connectivity index (χ1v) is 10.9. The molecule has 11 heteroatoms. The van der Waals surface area contributed by atoms with Gasteiger partial charge in [0.1, 0.15) is 11.3 Å². The fourth-order valence-corrected chi connectivity index (χ4v) is 4.60. The van der Waals surface area contributed by atoms with Crippen LogP contribution < -0.4 is 10.6 Å². The van der Waals surface area contributed by atoms with Crippen molar-refractivity contribution in [3.63, 3.8) is 0 Å². The van der Waals surface area contributed by atoms with E-state index >= 15 is 0 Å². The molecule has 4 aromatic rings. The van der Waals surface area contributed by atoms with E-state index in [0.717, 1.165) is 24.7 Å². The Bertz CT molecular complexity index is 1340. The van der Waals surface area contributed by atoms with Crippen molar-refractivity contribution in [2.75, 3.05) is 23.7 Å². The van der Waals surface area contributed by atoms with Gasteiger partial charge in [0.2, 0.25) is 5.95 Å². The minimum atomic E-state index is -0.864. The molecule has 0 unspecified atom stereocenters. The largest absolute Gasteiger partial charge is 0.389 e. The van der Waals surface area contributed by atoms with E-state index in [1.54, 1.807) is 24.7 Å². The third kappa shape index (κ3) is 4.08. The minimum absolute atomic E-state index is 0.00429. The third-order valence-electron chi connectivity index (χ3n) is 5.89. The molecule has 9 nitrogen and oxygen atoms in total. The van der Waals surface area contributed by atoms with E-state index in [9.17, 15) is 13.9 Å². The lowest BCUT2D eigenvalue weighted by Crippen LogP contribution is -2.39. The van der Waals surface area contributed by atoms with E-state index in [-0.39, 0.29) is 28.4 Å². The van der Waals surface area contributed by atoms with Crippen LogP contribution in [0, 0.1) is 17.6 Å². The third-order valence-corrected chi connectivity index (χ3v) is 5.89. The highest BCUT2D eigenvalue weighted by Gasteiger charge is 2.30. The predicted molar refractivity (Wildman–Crippen MR) is 120 cm³/mol. The van der Waals surface area contributed by atoms with Crippen molar-refractivity contribution in [1.82, 2.24) is 29.4 Å². The highest BCUT2D eigenvalue weighted by Crippen LogP contribution is 2.33. The van der Waals surface area contributed by atoms with E-state index in [1.165, 1.54) is 10.6 Å². The lowest BCUT2D eigenvalue weighted by Gasteiger charge is -2.36. The van der Waals surface area contributed by atoms with Gasteiger partial charge in [0, 0.05) is 31.3 Å². The van der Waals surface area contributed by atoms with Crippen LogP contribution in [0.4, 0.5) is 20.4 Å². The summed E-state index contributed by atoms with van der Waals surface area (Å²) in [6.07, 6.45) is 4.57. The van der Waals surface area contributed by atoms with E-state index in [4.69, 9.17) is 5.73 Å².